The molecule has 1 aromatic carbocycles. The second-order valence-corrected chi connectivity index (χ2v) is 5.18. The molecule has 0 spiro atoms. The molecule has 0 amide bonds. The molecule has 0 atom stereocenters. The molecule has 0 radical (unpaired) electrons. The number of rotatable bonds is 4. The van der Waals surface area contributed by atoms with E-state index in [-0.39, 0.29) is 11.6 Å². The van der Waals surface area contributed by atoms with Crippen molar-refractivity contribution in [1.82, 2.24) is 4.98 Å². The maximum atomic E-state index is 12.3. The van der Waals surface area contributed by atoms with Crippen molar-refractivity contribution >= 4 is 28.5 Å². The number of carbonyl (C=O) groups excluding carboxylic acids is 1. The molecule has 0 unspecified atom stereocenters. The second-order valence-electron chi connectivity index (χ2n) is 4.64. The van der Waals surface area contributed by atoms with Crippen molar-refractivity contribution in [2.45, 2.75) is 0 Å². The molecule has 0 aliphatic heterocycles. The van der Waals surface area contributed by atoms with Crippen LogP contribution in [-0.2, 0) is 4.74 Å². The predicted molar refractivity (Wildman–Crippen MR) is 84.7 cm³/mol. The molecule has 22 heavy (non-hydrogen) atoms. The van der Waals surface area contributed by atoms with Crippen molar-refractivity contribution in [3.63, 3.8) is 0 Å². The molecule has 4 nitrogen and oxygen atoms in total. The maximum absolute atomic E-state index is 12.3. The molecule has 0 bridgehead atoms. The van der Waals surface area contributed by atoms with Gasteiger partial charge in [0.25, 0.3) is 0 Å². The van der Waals surface area contributed by atoms with E-state index in [0.29, 0.717) is 27.9 Å². The molecular weight excluding hydrogens is 302 g/mol. The van der Waals surface area contributed by atoms with E-state index in [1.165, 1.54) is 0 Å². The summed E-state index contributed by atoms with van der Waals surface area (Å²) >= 11 is 5.64. The standard InChI is InChI=1S/C17H12ClNO3/c1-11(18)10-22-17(20)13-9-15(16-7-4-8-21-16)19-14-6-3-2-5-12(13)14/h2-9H,1,10H2. The Morgan fingerprint density at radius 1 is 1.27 bits per heavy atom. The summed E-state index contributed by atoms with van der Waals surface area (Å²) in [4.78, 5) is 16.8. The van der Waals surface area contributed by atoms with Crippen LogP contribution in [-0.4, -0.2) is 17.6 Å². The van der Waals surface area contributed by atoms with Crippen LogP contribution in [0.4, 0.5) is 0 Å². The molecule has 0 aliphatic rings. The number of hydrogen-bond donors (Lipinski definition) is 0. The Labute approximate surface area is 132 Å². The topological polar surface area (TPSA) is 52.3 Å². The van der Waals surface area contributed by atoms with Gasteiger partial charge in [0, 0.05) is 10.4 Å². The Morgan fingerprint density at radius 3 is 2.82 bits per heavy atom. The first-order valence-electron chi connectivity index (χ1n) is 6.59. The van der Waals surface area contributed by atoms with Crippen molar-refractivity contribution in [2.75, 3.05) is 6.61 Å². The third-order valence-electron chi connectivity index (χ3n) is 3.07. The number of benzene rings is 1. The van der Waals surface area contributed by atoms with E-state index < -0.39 is 5.97 Å². The number of ether oxygens (including phenoxy) is 1. The normalized spacial score (nSPS) is 10.6. The van der Waals surface area contributed by atoms with Gasteiger partial charge in [-0.3, -0.25) is 0 Å². The van der Waals surface area contributed by atoms with Crippen LogP contribution in [0.1, 0.15) is 10.4 Å². The zero-order valence-corrected chi connectivity index (χ0v) is 12.3. The van der Waals surface area contributed by atoms with Gasteiger partial charge in [-0.2, -0.15) is 0 Å². The summed E-state index contributed by atoms with van der Waals surface area (Å²) in [5.41, 5.74) is 1.67. The molecule has 0 fully saturated rings. The van der Waals surface area contributed by atoms with Crippen LogP contribution in [0.2, 0.25) is 0 Å². The van der Waals surface area contributed by atoms with E-state index in [1.807, 2.05) is 24.3 Å². The lowest BCUT2D eigenvalue weighted by atomic mass is 10.1. The zero-order valence-electron chi connectivity index (χ0n) is 11.6. The first kappa shape index (κ1) is 14.4. The van der Waals surface area contributed by atoms with E-state index in [4.69, 9.17) is 20.8 Å². The van der Waals surface area contributed by atoms with E-state index in [0.717, 1.165) is 0 Å². The van der Waals surface area contributed by atoms with Gasteiger partial charge in [-0.1, -0.05) is 36.4 Å². The summed E-state index contributed by atoms with van der Waals surface area (Å²) in [7, 11) is 0. The summed E-state index contributed by atoms with van der Waals surface area (Å²) in [6, 6.07) is 12.6. The zero-order chi connectivity index (χ0) is 15.5. The summed E-state index contributed by atoms with van der Waals surface area (Å²) in [5.74, 6) is 0.106. The summed E-state index contributed by atoms with van der Waals surface area (Å²) < 4.78 is 10.5. The van der Waals surface area contributed by atoms with Crippen LogP contribution in [0.15, 0.2) is 64.8 Å². The maximum Gasteiger partial charge on any atom is 0.339 e. The molecule has 2 aromatic heterocycles. The summed E-state index contributed by atoms with van der Waals surface area (Å²) in [6.07, 6.45) is 1.56. The highest BCUT2D eigenvalue weighted by Gasteiger charge is 2.16. The largest absolute Gasteiger partial charge is 0.463 e. The first-order chi connectivity index (χ1) is 10.6. The third kappa shape index (κ3) is 2.87. The Kier molecular flexibility index (Phi) is 3.94. The highest BCUT2D eigenvalue weighted by Crippen LogP contribution is 2.25. The third-order valence-corrected chi connectivity index (χ3v) is 3.18. The highest BCUT2D eigenvalue weighted by molar-refractivity contribution is 6.29. The number of hydrogen-bond acceptors (Lipinski definition) is 4. The molecule has 2 heterocycles. The fourth-order valence-corrected chi connectivity index (χ4v) is 2.17. The van der Waals surface area contributed by atoms with Crippen LogP contribution >= 0.6 is 11.6 Å². The minimum absolute atomic E-state index is 0.0346. The van der Waals surface area contributed by atoms with Gasteiger partial charge in [0.1, 0.15) is 12.3 Å². The van der Waals surface area contributed by atoms with Crippen LogP contribution in [0.5, 0.6) is 0 Å². The Bertz CT molecular complexity index is 840. The number of pyridine rings is 1. The Morgan fingerprint density at radius 2 is 2.09 bits per heavy atom. The molecular formula is C17H12ClNO3. The number of nitrogens with zero attached hydrogens (tertiary/aromatic N) is 1. The van der Waals surface area contributed by atoms with Crippen molar-refractivity contribution in [1.29, 1.82) is 0 Å². The molecule has 110 valence electrons. The first-order valence-corrected chi connectivity index (χ1v) is 6.97. The molecule has 3 rings (SSSR count). The Hall–Kier alpha value is -2.59. The molecule has 0 N–H and O–H groups in total. The summed E-state index contributed by atoms with van der Waals surface area (Å²) in [6.45, 7) is 3.47. The smallest absolute Gasteiger partial charge is 0.339 e. The number of esters is 1. The summed E-state index contributed by atoms with van der Waals surface area (Å²) in [5, 5.41) is 0.973. The number of halogens is 1. The lowest BCUT2D eigenvalue weighted by Gasteiger charge is -2.08. The quantitative estimate of drug-likeness (QED) is 0.670. The average Bonchev–Trinajstić information content (AvgIpc) is 3.06. The lowest BCUT2D eigenvalue weighted by molar-refractivity contribution is 0.0548. The fourth-order valence-electron chi connectivity index (χ4n) is 2.12. The van der Waals surface area contributed by atoms with Gasteiger partial charge in [-0.15, -0.1) is 0 Å². The molecule has 3 aromatic rings. The Balaban J connectivity index is 2.10. The van der Waals surface area contributed by atoms with Crippen LogP contribution < -0.4 is 0 Å². The van der Waals surface area contributed by atoms with E-state index in [2.05, 4.69) is 11.6 Å². The highest BCUT2D eigenvalue weighted by atomic mass is 35.5. The molecule has 0 aliphatic carbocycles. The fraction of sp³-hybridized carbons (Fsp3) is 0.0588. The van der Waals surface area contributed by atoms with Gasteiger partial charge in [0.2, 0.25) is 0 Å². The number of furan rings is 1. The predicted octanol–water partition coefficient (Wildman–Crippen LogP) is 4.40. The number of fused-ring (bicyclic) bond motifs is 1. The number of carbonyl (C=O) groups is 1. The van der Waals surface area contributed by atoms with Gasteiger partial charge in [0.15, 0.2) is 5.76 Å². The monoisotopic (exact) mass is 313 g/mol. The molecule has 0 saturated carbocycles. The van der Waals surface area contributed by atoms with Crippen LogP contribution in [0.3, 0.4) is 0 Å². The molecule has 5 heteroatoms. The molecule has 0 saturated heterocycles. The average molecular weight is 314 g/mol. The van der Waals surface area contributed by atoms with Crippen molar-refractivity contribution < 1.29 is 13.9 Å². The number of aromatic nitrogens is 1. The lowest BCUT2D eigenvalue weighted by Crippen LogP contribution is -2.08. The minimum atomic E-state index is -0.479. The van der Waals surface area contributed by atoms with Crippen molar-refractivity contribution in [3.05, 3.63) is 65.9 Å². The number of para-hydroxylation sites is 1. The van der Waals surface area contributed by atoms with Crippen LogP contribution in [0, 0.1) is 0 Å². The van der Waals surface area contributed by atoms with E-state index in [1.54, 1.807) is 24.5 Å². The minimum Gasteiger partial charge on any atom is -0.463 e. The SMILES string of the molecule is C=C(Cl)COC(=O)c1cc(-c2ccco2)nc2ccccc12. The van der Waals surface area contributed by atoms with Gasteiger partial charge in [-0.05, 0) is 24.3 Å². The van der Waals surface area contributed by atoms with Gasteiger partial charge >= 0.3 is 5.97 Å². The van der Waals surface area contributed by atoms with E-state index in [9.17, 15) is 4.79 Å². The van der Waals surface area contributed by atoms with Crippen molar-refractivity contribution in [2.24, 2.45) is 0 Å². The van der Waals surface area contributed by atoms with Crippen LogP contribution in [0.25, 0.3) is 22.4 Å². The van der Waals surface area contributed by atoms with Gasteiger partial charge < -0.3 is 9.15 Å². The van der Waals surface area contributed by atoms with E-state index >= 15 is 0 Å². The van der Waals surface area contributed by atoms with Gasteiger partial charge in [0.05, 0.1) is 17.3 Å². The van der Waals surface area contributed by atoms with Gasteiger partial charge in [-0.25, -0.2) is 9.78 Å². The second kappa shape index (κ2) is 6.03. The van der Waals surface area contributed by atoms with Crippen molar-refractivity contribution in [3.8, 4) is 11.5 Å².